The number of aryl methyl sites for hydroxylation is 1. The quantitative estimate of drug-likeness (QED) is 0.486. The van der Waals surface area contributed by atoms with E-state index in [1.54, 1.807) is 24.3 Å². The summed E-state index contributed by atoms with van der Waals surface area (Å²) in [5.74, 6) is 5.49. The molecule has 3 aromatic rings. The highest BCUT2D eigenvalue weighted by atomic mass is 19.4. The number of rotatable bonds is 3. The van der Waals surface area contributed by atoms with Gasteiger partial charge in [-0.2, -0.15) is 13.2 Å². The van der Waals surface area contributed by atoms with Crippen LogP contribution >= 0.6 is 0 Å². The van der Waals surface area contributed by atoms with Gasteiger partial charge in [0.1, 0.15) is 0 Å². The first kappa shape index (κ1) is 24.0. The molecule has 2 aromatic carbocycles. The van der Waals surface area contributed by atoms with Gasteiger partial charge in [-0.25, -0.2) is 9.97 Å². The number of benzene rings is 2. The normalized spacial score (nSPS) is 13.4. The smallest absolute Gasteiger partial charge is 0.368 e. The van der Waals surface area contributed by atoms with Crippen molar-refractivity contribution in [1.29, 1.82) is 0 Å². The van der Waals surface area contributed by atoms with E-state index in [4.69, 9.17) is 5.73 Å². The molecule has 0 bridgehead atoms. The molecule has 9 heteroatoms. The van der Waals surface area contributed by atoms with Gasteiger partial charge in [0, 0.05) is 35.8 Å². The minimum Gasteiger partial charge on any atom is -0.368 e. The third-order valence-corrected chi connectivity index (χ3v) is 5.47. The van der Waals surface area contributed by atoms with E-state index in [0.717, 1.165) is 23.3 Å². The fourth-order valence-corrected chi connectivity index (χ4v) is 3.58. The first-order chi connectivity index (χ1) is 16.7. The van der Waals surface area contributed by atoms with Crippen LogP contribution in [0.15, 0.2) is 54.9 Å². The number of amides is 1. The highest BCUT2D eigenvalue weighted by molar-refractivity contribution is 6.04. The number of alkyl halides is 3. The average molecular weight is 477 g/mol. The van der Waals surface area contributed by atoms with Gasteiger partial charge in [0.15, 0.2) is 0 Å². The maximum absolute atomic E-state index is 13.5. The first-order valence-electron chi connectivity index (χ1n) is 10.8. The van der Waals surface area contributed by atoms with Crippen LogP contribution < -0.4 is 16.4 Å². The van der Waals surface area contributed by atoms with Crippen LogP contribution in [0.1, 0.15) is 44.6 Å². The van der Waals surface area contributed by atoms with E-state index in [1.165, 1.54) is 12.4 Å². The summed E-state index contributed by atoms with van der Waals surface area (Å²) in [6.07, 6.45) is 0.908. The Bertz CT molecular complexity index is 1350. The Balaban J connectivity index is 1.61. The fourth-order valence-electron chi connectivity index (χ4n) is 3.58. The largest absolute Gasteiger partial charge is 0.416 e. The van der Waals surface area contributed by atoms with Gasteiger partial charge in [-0.15, -0.1) is 0 Å². The van der Waals surface area contributed by atoms with E-state index in [2.05, 4.69) is 32.4 Å². The van der Waals surface area contributed by atoms with Gasteiger partial charge in [0.2, 0.25) is 5.95 Å². The molecule has 1 aliphatic rings. The molecular formula is C26H22F3N5O. The maximum atomic E-state index is 13.5. The van der Waals surface area contributed by atoms with Crippen LogP contribution in [-0.2, 0) is 6.18 Å². The Labute approximate surface area is 200 Å². The minimum atomic E-state index is -4.54. The molecule has 0 fully saturated rings. The number of aromatic nitrogens is 2. The summed E-state index contributed by atoms with van der Waals surface area (Å²) >= 11 is 0. The Hall–Kier alpha value is -4.16. The van der Waals surface area contributed by atoms with Gasteiger partial charge < -0.3 is 16.4 Å². The van der Waals surface area contributed by atoms with Crippen molar-refractivity contribution in [1.82, 2.24) is 15.3 Å². The maximum Gasteiger partial charge on any atom is 0.416 e. The van der Waals surface area contributed by atoms with Gasteiger partial charge >= 0.3 is 6.18 Å². The first-order valence-corrected chi connectivity index (χ1v) is 10.8. The van der Waals surface area contributed by atoms with E-state index in [0.29, 0.717) is 36.2 Å². The summed E-state index contributed by atoms with van der Waals surface area (Å²) in [6, 6.07) is 8.56. The molecule has 6 nitrogen and oxygen atoms in total. The second kappa shape index (κ2) is 9.99. The van der Waals surface area contributed by atoms with Crippen LogP contribution in [0.2, 0.25) is 0 Å². The Morgan fingerprint density at radius 2 is 1.89 bits per heavy atom. The number of anilines is 2. The van der Waals surface area contributed by atoms with Crippen LogP contribution in [0.4, 0.5) is 24.8 Å². The zero-order valence-corrected chi connectivity index (χ0v) is 18.8. The average Bonchev–Trinajstić information content (AvgIpc) is 2.84. The number of carbonyl (C=O) groups excluding carboxylic acids is 1. The number of hydrogen-bond donors (Lipinski definition) is 3. The van der Waals surface area contributed by atoms with Crippen molar-refractivity contribution in [3.05, 3.63) is 88.2 Å². The van der Waals surface area contributed by atoms with E-state index < -0.39 is 17.6 Å². The SMILES string of the molecule is Cc1ccc(C(=O)Nc2cc(C3=CCNCC3)cc(C(F)(F)F)c2)cc1C#Cc1cnc(N)nc1. The number of carbonyl (C=O) groups is 1. The number of nitrogen functional groups attached to an aromatic ring is 1. The van der Waals surface area contributed by atoms with Gasteiger partial charge in [0.05, 0.1) is 11.1 Å². The number of nitrogens with zero attached hydrogens (tertiary/aromatic N) is 2. The van der Waals surface area contributed by atoms with Crippen molar-refractivity contribution < 1.29 is 18.0 Å². The predicted molar refractivity (Wildman–Crippen MR) is 128 cm³/mol. The lowest BCUT2D eigenvalue weighted by Crippen LogP contribution is -2.20. The lowest BCUT2D eigenvalue weighted by molar-refractivity contribution is -0.137. The second-order valence-electron chi connectivity index (χ2n) is 8.04. The molecule has 4 N–H and O–H groups in total. The molecule has 0 aliphatic carbocycles. The monoisotopic (exact) mass is 477 g/mol. The lowest BCUT2D eigenvalue weighted by atomic mass is 9.97. The molecule has 0 unspecified atom stereocenters. The van der Waals surface area contributed by atoms with Crippen LogP contribution in [-0.4, -0.2) is 29.0 Å². The highest BCUT2D eigenvalue weighted by Crippen LogP contribution is 2.34. The van der Waals surface area contributed by atoms with Crippen LogP contribution in [0, 0.1) is 18.8 Å². The standard InChI is InChI=1S/C26H22F3N5O/c1-16-2-4-20(10-19(16)5-3-17-14-32-25(30)33-15-17)24(35)34-23-12-21(18-6-8-31-9-7-18)11-22(13-23)26(27,28)29/h2,4,6,10-15,31H,7-9H2,1H3,(H,34,35)(H2,30,32,33). The number of nitrogens with one attached hydrogen (secondary N) is 2. The van der Waals surface area contributed by atoms with Crippen molar-refractivity contribution in [2.45, 2.75) is 19.5 Å². The molecule has 0 atom stereocenters. The second-order valence-corrected chi connectivity index (χ2v) is 8.04. The zero-order chi connectivity index (χ0) is 25.0. The molecular weight excluding hydrogens is 455 g/mol. The molecule has 35 heavy (non-hydrogen) atoms. The molecule has 0 spiro atoms. The molecule has 0 radical (unpaired) electrons. The van der Waals surface area contributed by atoms with Gasteiger partial charge in [-0.1, -0.05) is 24.0 Å². The number of halogens is 3. The zero-order valence-electron chi connectivity index (χ0n) is 18.8. The van der Waals surface area contributed by atoms with Crippen LogP contribution in [0.3, 0.4) is 0 Å². The molecule has 0 saturated heterocycles. The van der Waals surface area contributed by atoms with E-state index >= 15 is 0 Å². The summed E-state index contributed by atoms with van der Waals surface area (Å²) < 4.78 is 40.6. The third kappa shape index (κ3) is 6.05. The van der Waals surface area contributed by atoms with Crippen LogP contribution in [0.25, 0.3) is 5.57 Å². The van der Waals surface area contributed by atoms with Gasteiger partial charge in [-0.3, -0.25) is 4.79 Å². The van der Waals surface area contributed by atoms with E-state index in [9.17, 15) is 18.0 Å². The highest BCUT2D eigenvalue weighted by Gasteiger charge is 2.31. The number of hydrogen-bond acceptors (Lipinski definition) is 5. The Morgan fingerprint density at radius 1 is 1.11 bits per heavy atom. The van der Waals surface area contributed by atoms with E-state index in [-0.39, 0.29) is 17.2 Å². The van der Waals surface area contributed by atoms with E-state index in [1.807, 2.05) is 13.0 Å². The summed E-state index contributed by atoms with van der Waals surface area (Å²) in [7, 11) is 0. The van der Waals surface area contributed by atoms with Crippen LogP contribution in [0.5, 0.6) is 0 Å². The molecule has 0 saturated carbocycles. The summed E-state index contributed by atoms with van der Waals surface area (Å²) in [4.78, 5) is 20.7. The van der Waals surface area contributed by atoms with Crippen molar-refractivity contribution in [3.8, 4) is 11.8 Å². The summed E-state index contributed by atoms with van der Waals surface area (Å²) in [6.45, 7) is 3.11. The van der Waals surface area contributed by atoms with Gasteiger partial charge in [-0.05, 0) is 66.9 Å². The molecule has 1 amide bonds. The van der Waals surface area contributed by atoms with Crippen molar-refractivity contribution in [2.75, 3.05) is 24.1 Å². The van der Waals surface area contributed by atoms with Crippen molar-refractivity contribution >= 4 is 23.1 Å². The molecule has 4 rings (SSSR count). The predicted octanol–water partition coefficient (Wildman–Crippen LogP) is 4.41. The summed E-state index contributed by atoms with van der Waals surface area (Å²) in [5.41, 5.74) is 8.25. The molecule has 178 valence electrons. The molecule has 1 aromatic heterocycles. The fraction of sp³-hybridized carbons (Fsp3) is 0.192. The van der Waals surface area contributed by atoms with Crippen molar-refractivity contribution in [2.24, 2.45) is 0 Å². The summed E-state index contributed by atoms with van der Waals surface area (Å²) in [5, 5.41) is 5.75. The minimum absolute atomic E-state index is 0.0755. The molecule has 2 heterocycles. The number of nitrogens with two attached hydrogens (primary N) is 1. The Kier molecular flexibility index (Phi) is 6.85. The lowest BCUT2D eigenvalue weighted by Gasteiger charge is -2.18. The van der Waals surface area contributed by atoms with Gasteiger partial charge in [0.25, 0.3) is 5.91 Å². The topological polar surface area (TPSA) is 92.9 Å². The third-order valence-electron chi connectivity index (χ3n) is 5.47. The molecule has 1 aliphatic heterocycles. The van der Waals surface area contributed by atoms with Crippen molar-refractivity contribution in [3.63, 3.8) is 0 Å². The Morgan fingerprint density at radius 3 is 2.57 bits per heavy atom.